The number of nitrogens with one attached hydrogen (secondary N) is 2. The molecule has 4 N–H and O–H groups in total. The summed E-state index contributed by atoms with van der Waals surface area (Å²) < 4.78 is 0. The van der Waals surface area contributed by atoms with Crippen LogP contribution < -0.4 is 10.6 Å². The van der Waals surface area contributed by atoms with Crippen molar-refractivity contribution in [2.45, 2.75) is 400 Å². The minimum Gasteiger partial charge on any atom is -0.392 e. The maximum atomic E-state index is 13.2. The van der Waals surface area contributed by atoms with Crippen LogP contribution in [0.25, 0.3) is 0 Å². The van der Waals surface area contributed by atoms with E-state index in [0.29, 0.717) is 52.1 Å². The largest absolute Gasteiger partial charge is 0.392 e. The molecular formula is C78H160N6O4. The van der Waals surface area contributed by atoms with Crippen LogP contribution in [-0.4, -0.2) is 145 Å². The molecule has 0 heterocycles. The third kappa shape index (κ3) is 67.6. The minimum absolute atomic E-state index is 0.00841. The van der Waals surface area contributed by atoms with E-state index in [1.807, 2.05) is 13.8 Å². The Morgan fingerprint density at radius 2 is 0.420 bits per heavy atom. The molecule has 10 heteroatoms. The van der Waals surface area contributed by atoms with Gasteiger partial charge in [0.25, 0.3) is 0 Å². The number of rotatable bonds is 75. The molecular weight excluding hydrogens is 1080 g/mol. The highest BCUT2D eigenvalue weighted by Gasteiger charge is 2.16. The van der Waals surface area contributed by atoms with Crippen molar-refractivity contribution in [2.75, 3.05) is 91.6 Å². The number of carbonyl (C=O) groups is 2. The average molecular weight is 1250 g/mol. The maximum absolute atomic E-state index is 13.2. The van der Waals surface area contributed by atoms with E-state index in [0.717, 1.165) is 52.4 Å². The first-order chi connectivity index (χ1) is 43.1. The molecule has 2 amide bonds. The Balaban J connectivity index is 5.02. The zero-order valence-electron chi connectivity index (χ0n) is 60.7. The van der Waals surface area contributed by atoms with Gasteiger partial charge in [-0.1, -0.05) is 336 Å². The van der Waals surface area contributed by atoms with Crippen LogP contribution in [0.15, 0.2) is 0 Å². The van der Waals surface area contributed by atoms with Crippen molar-refractivity contribution >= 4 is 11.8 Å². The van der Waals surface area contributed by atoms with Crippen molar-refractivity contribution < 1.29 is 19.8 Å². The summed E-state index contributed by atoms with van der Waals surface area (Å²) in [6, 6.07) is 0. The normalized spacial score (nSPS) is 12.6. The van der Waals surface area contributed by atoms with Gasteiger partial charge in [0.1, 0.15) is 0 Å². The predicted molar refractivity (Wildman–Crippen MR) is 387 cm³/mol. The molecule has 0 aromatic heterocycles. The number of amides is 2. The van der Waals surface area contributed by atoms with Crippen molar-refractivity contribution in [2.24, 2.45) is 0 Å². The molecule has 0 aliphatic heterocycles. The number of hydrogen-bond donors (Lipinski definition) is 4. The van der Waals surface area contributed by atoms with Crippen LogP contribution in [0.1, 0.15) is 388 Å². The Morgan fingerprint density at radius 1 is 0.250 bits per heavy atom. The molecule has 0 aliphatic rings. The molecule has 2 unspecified atom stereocenters. The third-order valence-corrected chi connectivity index (χ3v) is 18.9. The number of aliphatic hydroxyl groups is 2. The van der Waals surface area contributed by atoms with E-state index in [-0.39, 0.29) is 11.8 Å². The van der Waals surface area contributed by atoms with Crippen LogP contribution in [-0.2, 0) is 9.59 Å². The Labute approximate surface area is 551 Å². The van der Waals surface area contributed by atoms with Crippen LogP contribution >= 0.6 is 0 Å². The van der Waals surface area contributed by atoms with E-state index in [2.05, 4.69) is 57.9 Å². The van der Waals surface area contributed by atoms with Crippen molar-refractivity contribution in [1.82, 2.24) is 30.2 Å². The predicted octanol–water partition coefficient (Wildman–Crippen LogP) is 20.3. The first-order valence-corrected chi connectivity index (χ1v) is 39.9. The highest BCUT2D eigenvalue weighted by atomic mass is 16.3. The van der Waals surface area contributed by atoms with Crippen molar-refractivity contribution in [3.8, 4) is 0 Å². The molecule has 0 spiro atoms. The molecule has 0 radical (unpaired) electrons. The minimum atomic E-state index is -0.452. The molecule has 2 atom stereocenters. The molecule has 10 nitrogen and oxygen atoms in total. The van der Waals surface area contributed by atoms with Crippen molar-refractivity contribution in [3.05, 3.63) is 0 Å². The number of aliphatic hydroxyl groups excluding tert-OH is 2. The third-order valence-electron chi connectivity index (χ3n) is 18.9. The first kappa shape index (κ1) is 86.7. The fourth-order valence-electron chi connectivity index (χ4n) is 13.1. The second-order valence-corrected chi connectivity index (χ2v) is 28.2. The second kappa shape index (κ2) is 71.5. The van der Waals surface area contributed by atoms with E-state index in [1.165, 1.54) is 334 Å². The van der Waals surface area contributed by atoms with Gasteiger partial charge >= 0.3 is 0 Å². The van der Waals surface area contributed by atoms with Crippen LogP contribution in [0.5, 0.6) is 0 Å². The van der Waals surface area contributed by atoms with Crippen molar-refractivity contribution in [3.63, 3.8) is 0 Å². The lowest BCUT2D eigenvalue weighted by Crippen LogP contribution is -2.42. The summed E-state index contributed by atoms with van der Waals surface area (Å²) in [5, 5.41) is 27.1. The van der Waals surface area contributed by atoms with Gasteiger partial charge in [-0.15, -0.1) is 0 Å². The molecule has 0 aromatic rings. The first-order valence-electron chi connectivity index (χ1n) is 39.9. The smallest absolute Gasteiger partial charge is 0.221 e. The summed E-state index contributed by atoms with van der Waals surface area (Å²) in [6.45, 7) is 24.3. The van der Waals surface area contributed by atoms with Gasteiger partial charge in [0.2, 0.25) is 11.8 Å². The van der Waals surface area contributed by atoms with Crippen LogP contribution in [0, 0.1) is 0 Å². The Bertz CT molecular complexity index is 1210. The highest BCUT2D eigenvalue weighted by Crippen LogP contribution is 2.18. The number of carbonyl (C=O) groups excluding carboxylic acids is 2. The van der Waals surface area contributed by atoms with E-state index in [4.69, 9.17) is 0 Å². The number of hydrogen-bond acceptors (Lipinski definition) is 8. The molecule has 0 rings (SSSR count). The average Bonchev–Trinajstić information content (AvgIpc) is 3.51. The molecule has 0 aromatic carbocycles. The van der Waals surface area contributed by atoms with Gasteiger partial charge in [-0.25, -0.2) is 0 Å². The Morgan fingerprint density at radius 3 is 0.602 bits per heavy atom. The standard InChI is InChI=1S/C78H160N6O4/c1-7-11-15-19-23-27-31-35-39-43-47-51-55-63-81(64-56-52-48-44-40-36-32-28-24-20-16-12-8-2)69-71-83(73-75(5)85)67-59-77(87)79-61-62-80-78(88)60-68-84(74-76(6)86)72-70-82(65-57-53-49-45-41-37-33-29-25-21-17-13-9-3)66-58-54-50-46-42-38-34-30-26-22-18-14-10-4/h75-76,85-86H,7-74H2,1-6H3,(H,79,87)(H,80,88). The Hall–Kier alpha value is -1.30. The van der Waals surface area contributed by atoms with Crippen LogP contribution in [0.3, 0.4) is 0 Å². The molecule has 0 saturated carbocycles. The summed E-state index contributed by atoms with van der Waals surface area (Å²) >= 11 is 0. The second-order valence-electron chi connectivity index (χ2n) is 28.2. The van der Waals surface area contributed by atoms with Gasteiger partial charge in [-0.05, 0) is 65.7 Å². The van der Waals surface area contributed by atoms with E-state index < -0.39 is 12.2 Å². The molecule has 0 bridgehead atoms. The summed E-state index contributed by atoms with van der Waals surface area (Å²) in [4.78, 5) is 36.3. The van der Waals surface area contributed by atoms with Gasteiger partial charge in [-0.2, -0.15) is 0 Å². The molecule has 88 heavy (non-hydrogen) atoms. The quantitative estimate of drug-likeness (QED) is 0.0446. The van der Waals surface area contributed by atoms with Gasteiger partial charge in [0, 0.05) is 78.3 Å². The molecule has 0 aliphatic carbocycles. The summed E-state index contributed by atoms with van der Waals surface area (Å²) in [6.07, 6.45) is 71.3. The number of nitrogens with zero attached hydrogens (tertiary/aromatic N) is 4. The van der Waals surface area contributed by atoms with Gasteiger partial charge in [0.15, 0.2) is 0 Å². The van der Waals surface area contributed by atoms with E-state index in [1.54, 1.807) is 0 Å². The number of unbranched alkanes of at least 4 members (excludes halogenated alkanes) is 48. The monoisotopic (exact) mass is 1250 g/mol. The molecule has 0 saturated heterocycles. The highest BCUT2D eigenvalue weighted by molar-refractivity contribution is 5.77. The maximum Gasteiger partial charge on any atom is 0.221 e. The van der Waals surface area contributed by atoms with E-state index in [9.17, 15) is 19.8 Å². The lowest BCUT2D eigenvalue weighted by molar-refractivity contribution is -0.123. The summed E-state index contributed by atoms with van der Waals surface area (Å²) in [7, 11) is 0. The lowest BCUT2D eigenvalue weighted by atomic mass is 10.0. The summed E-state index contributed by atoms with van der Waals surface area (Å²) in [5.74, 6) is -0.0168. The van der Waals surface area contributed by atoms with Crippen LogP contribution in [0.2, 0.25) is 0 Å². The van der Waals surface area contributed by atoms with Crippen LogP contribution in [0.4, 0.5) is 0 Å². The Kier molecular flexibility index (Phi) is 70.5. The fourth-order valence-corrected chi connectivity index (χ4v) is 13.1. The zero-order valence-corrected chi connectivity index (χ0v) is 60.7. The van der Waals surface area contributed by atoms with E-state index >= 15 is 0 Å². The van der Waals surface area contributed by atoms with Gasteiger partial charge in [-0.3, -0.25) is 19.4 Å². The fraction of sp³-hybridized carbons (Fsp3) is 0.974. The van der Waals surface area contributed by atoms with Gasteiger partial charge < -0.3 is 30.6 Å². The topological polar surface area (TPSA) is 112 Å². The zero-order chi connectivity index (χ0) is 64.1. The summed E-state index contributed by atoms with van der Waals surface area (Å²) in [5.41, 5.74) is 0. The van der Waals surface area contributed by atoms with Gasteiger partial charge in [0.05, 0.1) is 12.2 Å². The lowest BCUT2D eigenvalue weighted by Gasteiger charge is -2.28. The molecule has 0 fully saturated rings. The van der Waals surface area contributed by atoms with Crippen molar-refractivity contribution in [1.29, 1.82) is 0 Å². The molecule has 526 valence electrons. The SMILES string of the molecule is CCCCCCCCCCCCCCCN(CCCCCCCCCCCCCCC)CCN(CCC(=O)NCCNC(=O)CCN(CCN(CCCCCCCCCCCCCCC)CCCCCCCCCCCCCCC)CC(C)O)CC(C)O.